The number of anilines is 2. The molecule has 0 atom stereocenters. The van der Waals surface area contributed by atoms with Crippen LogP contribution in [0.3, 0.4) is 0 Å². The van der Waals surface area contributed by atoms with Gasteiger partial charge in [0.1, 0.15) is 5.75 Å². The van der Waals surface area contributed by atoms with Crippen LogP contribution in [0.5, 0.6) is 5.75 Å². The van der Waals surface area contributed by atoms with Crippen LogP contribution in [0.1, 0.15) is 0 Å². The van der Waals surface area contributed by atoms with Crippen LogP contribution >= 0.6 is 23.1 Å². The summed E-state index contributed by atoms with van der Waals surface area (Å²) in [5.74, 6) is 0.322. The van der Waals surface area contributed by atoms with Crippen LogP contribution in [0.4, 0.5) is 11.4 Å². The molecule has 0 amide bonds. The fraction of sp³-hybridized carbons (Fsp3) is 0. The largest absolute Gasteiger partial charge is 0.508 e. The number of benzene rings is 3. The van der Waals surface area contributed by atoms with Gasteiger partial charge in [0.25, 0.3) is 0 Å². The number of phenols is 1. The Morgan fingerprint density at radius 1 is 0.577 bits per heavy atom. The zero-order chi connectivity index (χ0) is 18.0. The maximum Gasteiger partial charge on any atom is 0.115 e. The lowest BCUT2D eigenvalue weighted by atomic mass is 10.2. The Morgan fingerprint density at radius 3 is 1.50 bits per heavy atom. The molecule has 0 fully saturated rings. The number of para-hydroxylation sites is 3. The third-order valence-corrected chi connectivity index (χ3v) is 5.23. The first kappa shape index (κ1) is 18.1. The Bertz CT molecular complexity index is 804. The fourth-order valence-electron chi connectivity index (χ4n) is 2.24. The fourth-order valence-corrected chi connectivity index (χ4v) is 3.68. The van der Waals surface area contributed by atoms with Gasteiger partial charge in [0, 0.05) is 9.79 Å². The van der Waals surface area contributed by atoms with E-state index >= 15 is 0 Å². The highest BCUT2D eigenvalue weighted by Crippen LogP contribution is 2.43. The maximum absolute atomic E-state index is 8.63. The summed E-state index contributed by atoms with van der Waals surface area (Å²) in [5, 5.41) is 16.1. The first-order valence-corrected chi connectivity index (χ1v) is 9.93. The van der Waals surface area contributed by atoms with Gasteiger partial charge in [-0.15, -0.1) is 0 Å². The lowest BCUT2D eigenvalue weighted by Gasteiger charge is -2.19. The highest BCUT2D eigenvalue weighted by molar-refractivity contribution is 7.99. The molecular weight excluding hydrogens is 358 g/mol. The van der Waals surface area contributed by atoms with Crippen molar-refractivity contribution in [2.45, 2.75) is 9.79 Å². The zero-order valence-electron chi connectivity index (χ0n) is 14.1. The molecule has 0 aliphatic carbocycles. The normalized spacial score (nSPS) is 10.6. The third kappa shape index (κ3) is 5.41. The lowest BCUT2D eigenvalue weighted by Crippen LogP contribution is -1.98. The van der Waals surface area contributed by atoms with Gasteiger partial charge in [-0.25, -0.2) is 0 Å². The summed E-state index contributed by atoms with van der Waals surface area (Å²) < 4.78 is 0. The third-order valence-electron chi connectivity index (χ3n) is 3.44. The molecule has 0 saturated carbocycles. The summed E-state index contributed by atoms with van der Waals surface area (Å²) in [6.07, 6.45) is 0. The maximum atomic E-state index is 8.63. The molecule has 0 unspecified atom stereocenters. The molecule has 4 aromatic rings. The number of aromatic hydroxyl groups is 1. The van der Waals surface area contributed by atoms with E-state index in [2.05, 4.69) is 53.8 Å². The minimum Gasteiger partial charge on any atom is -0.508 e. The van der Waals surface area contributed by atoms with E-state index in [1.54, 1.807) is 35.6 Å². The number of fused-ring (bicyclic) bond motifs is 2. The lowest BCUT2D eigenvalue weighted by molar-refractivity contribution is 0.475. The minimum absolute atomic E-state index is 0.322. The van der Waals surface area contributed by atoms with Crippen molar-refractivity contribution in [1.29, 1.82) is 0 Å². The van der Waals surface area contributed by atoms with Crippen LogP contribution in [0.15, 0.2) is 112 Å². The molecule has 26 heavy (non-hydrogen) atoms. The van der Waals surface area contributed by atoms with Crippen LogP contribution in [-0.2, 0) is 0 Å². The van der Waals surface area contributed by atoms with Gasteiger partial charge in [-0.1, -0.05) is 66.4 Å². The quantitative estimate of drug-likeness (QED) is 0.304. The average molecular weight is 378 g/mol. The molecule has 2 heterocycles. The molecule has 0 saturated heterocycles. The molecule has 0 spiro atoms. The van der Waals surface area contributed by atoms with Crippen LogP contribution in [0.2, 0.25) is 0 Å². The van der Waals surface area contributed by atoms with Gasteiger partial charge >= 0.3 is 0 Å². The number of nitrogens with one attached hydrogen (secondary N) is 1. The van der Waals surface area contributed by atoms with Crippen molar-refractivity contribution in [3.8, 4) is 5.75 Å². The minimum atomic E-state index is 0.322. The number of hydrogen-bond donors (Lipinski definition) is 2. The first-order valence-electron chi connectivity index (χ1n) is 8.17. The van der Waals surface area contributed by atoms with Gasteiger partial charge in [-0.3, -0.25) is 0 Å². The summed E-state index contributed by atoms with van der Waals surface area (Å²) in [7, 11) is 0. The van der Waals surface area contributed by atoms with E-state index < -0.39 is 0 Å². The SMILES string of the molecule is Oc1ccccc1.c1ccc2c(c1)Nc1ccccc1S2.c1ccsc1. The van der Waals surface area contributed by atoms with E-state index in [0.29, 0.717) is 5.75 Å². The summed E-state index contributed by atoms with van der Waals surface area (Å²) in [6.45, 7) is 0. The van der Waals surface area contributed by atoms with Gasteiger partial charge in [0.2, 0.25) is 0 Å². The molecule has 4 heteroatoms. The second-order valence-electron chi connectivity index (χ2n) is 5.35. The van der Waals surface area contributed by atoms with E-state index in [1.165, 1.54) is 21.2 Å². The first-order chi connectivity index (χ1) is 12.8. The number of thiophene rings is 1. The Labute approximate surface area is 162 Å². The van der Waals surface area contributed by atoms with Gasteiger partial charge in [-0.05, 0) is 47.2 Å². The monoisotopic (exact) mass is 377 g/mol. The predicted molar refractivity (Wildman–Crippen MR) is 113 cm³/mol. The number of rotatable bonds is 0. The summed E-state index contributed by atoms with van der Waals surface area (Å²) in [6, 6.07) is 29.5. The van der Waals surface area contributed by atoms with E-state index in [4.69, 9.17) is 5.11 Å². The molecule has 0 radical (unpaired) electrons. The van der Waals surface area contributed by atoms with Gasteiger partial charge in [0.15, 0.2) is 0 Å². The van der Waals surface area contributed by atoms with Crippen LogP contribution in [0.25, 0.3) is 0 Å². The second kappa shape index (κ2) is 9.70. The summed E-state index contributed by atoms with van der Waals surface area (Å²) >= 11 is 3.53. The van der Waals surface area contributed by atoms with Crippen molar-refractivity contribution in [1.82, 2.24) is 0 Å². The van der Waals surface area contributed by atoms with E-state index in [1.807, 2.05) is 40.7 Å². The highest BCUT2D eigenvalue weighted by atomic mass is 32.2. The van der Waals surface area contributed by atoms with Crippen molar-refractivity contribution >= 4 is 34.5 Å². The molecule has 3 aromatic carbocycles. The van der Waals surface area contributed by atoms with Gasteiger partial charge in [-0.2, -0.15) is 11.3 Å². The van der Waals surface area contributed by atoms with Crippen molar-refractivity contribution < 1.29 is 5.11 Å². The molecule has 2 N–H and O–H groups in total. The molecule has 1 aliphatic heterocycles. The topological polar surface area (TPSA) is 32.3 Å². The molecule has 130 valence electrons. The second-order valence-corrected chi connectivity index (χ2v) is 7.25. The molecule has 2 nitrogen and oxygen atoms in total. The standard InChI is InChI=1S/C12H9NS.C6H6O.C4H4S/c1-3-7-11-9(5-1)13-10-6-2-4-8-12(10)14-11;7-6-4-2-1-3-5-6;1-2-4-5-3-1/h1-8,13H;1-5,7H;1-4H. The Kier molecular flexibility index (Phi) is 6.76. The summed E-state index contributed by atoms with van der Waals surface area (Å²) in [4.78, 5) is 2.59. The van der Waals surface area contributed by atoms with Crippen molar-refractivity contribution in [2.75, 3.05) is 5.32 Å². The predicted octanol–water partition coefficient (Wildman–Crippen LogP) is 7.04. The number of phenolic OH excluding ortho intramolecular Hbond substituents is 1. The smallest absolute Gasteiger partial charge is 0.115 e. The van der Waals surface area contributed by atoms with Crippen molar-refractivity contribution in [3.63, 3.8) is 0 Å². The Hall–Kier alpha value is -2.69. The molecule has 1 aromatic heterocycles. The summed E-state index contributed by atoms with van der Waals surface area (Å²) in [5.41, 5.74) is 2.41. The van der Waals surface area contributed by atoms with Gasteiger partial charge < -0.3 is 10.4 Å². The highest BCUT2D eigenvalue weighted by Gasteiger charge is 2.13. The van der Waals surface area contributed by atoms with Gasteiger partial charge in [0.05, 0.1) is 11.4 Å². The molecule has 1 aliphatic rings. The zero-order valence-corrected chi connectivity index (χ0v) is 15.7. The molecule has 0 bridgehead atoms. The van der Waals surface area contributed by atoms with Crippen LogP contribution in [0, 0.1) is 0 Å². The van der Waals surface area contributed by atoms with Crippen LogP contribution in [-0.4, -0.2) is 5.11 Å². The number of hydrogen-bond acceptors (Lipinski definition) is 4. The Morgan fingerprint density at radius 2 is 1.08 bits per heavy atom. The van der Waals surface area contributed by atoms with E-state index in [0.717, 1.165) is 0 Å². The molecule has 5 rings (SSSR count). The average Bonchev–Trinajstić information content (AvgIpc) is 3.28. The van der Waals surface area contributed by atoms with Crippen molar-refractivity contribution in [3.05, 3.63) is 102 Å². The van der Waals surface area contributed by atoms with Crippen LogP contribution < -0.4 is 5.32 Å². The van der Waals surface area contributed by atoms with Crippen molar-refractivity contribution in [2.24, 2.45) is 0 Å². The van der Waals surface area contributed by atoms with E-state index in [-0.39, 0.29) is 0 Å². The molecular formula is C22H19NOS2. The Balaban J connectivity index is 0.000000136. The van der Waals surface area contributed by atoms with E-state index in [9.17, 15) is 0 Å².